The molecule has 0 spiro atoms. The third kappa shape index (κ3) is 5.05. The predicted octanol–water partition coefficient (Wildman–Crippen LogP) is 2.01. The van der Waals surface area contributed by atoms with Crippen molar-refractivity contribution in [3.8, 4) is 0 Å². The van der Waals surface area contributed by atoms with Gasteiger partial charge in [0, 0.05) is 68.5 Å². The summed E-state index contributed by atoms with van der Waals surface area (Å²) in [4.78, 5) is 15.3. The highest BCUT2D eigenvalue weighted by Crippen LogP contribution is 2.24. The minimum Gasteiger partial charge on any atom is -0.377 e. The van der Waals surface area contributed by atoms with Gasteiger partial charge in [0.05, 0.1) is 0 Å². The van der Waals surface area contributed by atoms with Crippen LogP contribution in [-0.2, 0) is 19.7 Å². The number of hydrogen-bond acceptors (Lipinski definition) is 5. The Labute approximate surface area is 178 Å². The van der Waals surface area contributed by atoms with Crippen LogP contribution in [0.25, 0.3) is 0 Å². The fraction of sp³-hybridized carbons (Fsp3) is 0.409. The monoisotopic (exact) mass is 431 g/mol. The van der Waals surface area contributed by atoms with E-state index in [0.29, 0.717) is 6.04 Å². The summed E-state index contributed by atoms with van der Waals surface area (Å²) in [6.45, 7) is 4.18. The molecule has 0 aromatic heterocycles. The summed E-state index contributed by atoms with van der Waals surface area (Å²) in [6.07, 6.45) is 0.776. The second-order valence-electron chi connectivity index (χ2n) is 7.56. The van der Waals surface area contributed by atoms with Crippen LogP contribution in [0.1, 0.15) is 32.6 Å². The second-order valence-corrected chi connectivity index (χ2v) is 11.6. The zero-order chi connectivity index (χ0) is 21.8. The van der Waals surface area contributed by atoms with Crippen LogP contribution in [0.5, 0.6) is 0 Å². The van der Waals surface area contributed by atoms with Crippen LogP contribution in [0.4, 0.5) is 5.69 Å². The van der Waals surface area contributed by atoms with E-state index in [4.69, 9.17) is 13.3 Å². The van der Waals surface area contributed by atoms with Crippen molar-refractivity contribution < 1.29 is 18.1 Å². The fourth-order valence-corrected chi connectivity index (χ4v) is 6.14. The third-order valence-corrected chi connectivity index (χ3v) is 9.63. The van der Waals surface area contributed by atoms with Crippen LogP contribution in [0.2, 0.25) is 6.04 Å². The van der Waals surface area contributed by atoms with Gasteiger partial charge in [0.1, 0.15) is 0 Å². The van der Waals surface area contributed by atoms with Crippen molar-refractivity contribution >= 4 is 35.7 Å². The van der Waals surface area contributed by atoms with E-state index in [0.717, 1.165) is 38.9 Å². The number of aryl methyl sites for hydroxylation is 2. The van der Waals surface area contributed by atoms with Gasteiger partial charge in [0.15, 0.2) is 5.78 Å². The van der Waals surface area contributed by atoms with E-state index < -0.39 is 8.80 Å². The average molecular weight is 432 g/mol. The molecule has 0 N–H and O–H groups in total. The first-order valence-corrected chi connectivity index (χ1v) is 12.7. The Morgan fingerprint density at radius 2 is 1.59 bits per heavy atom. The van der Waals surface area contributed by atoms with Crippen LogP contribution in [-0.4, -0.2) is 60.3 Å². The number of benzene rings is 2. The molecule has 0 fully saturated rings. The van der Waals surface area contributed by atoms with Gasteiger partial charge < -0.3 is 18.2 Å². The number of hydrogen-bond donors (Lipinski definition) is 0. The second kappa shape index (κ2) is 9.82. The Morgan fingerprint density at radius 1 is 1.03 bits per heavy atom. The Hall–Kier alpha value is -1.78. The third-order valence-electron chi connectivity index (χ3n) is 5.62. The number of ketones is 1. The van der Waals surface area contributed by atoms with Crippen molar-refractivity contribution in [3.63, 3.8) is 0 Å². The van der Waals surface area contributed by atoms with Gasteiger partial charge in [-0.05, 0) is 43.0 Å². The smallest absolute Gasteiger partial charge is 0.377 e. The van der Waals surface area contributed by atoms with Crippen LogP contribution >= 0.6 is 0 Å². The van der Waals surface area contributed by atoms with E-state index in [1.165, 1.54) is 16.4 Å². The molecule has 0 aliphatic rings. The number of rotatable bonds is 9. The molecule has 0 heterocycles. The zero-order valence-corrected chi connectivity index (χ0v) is 21.9. The Balaban J connectivity index is 2.23. The molecule has 0 aliphatic carbocycles. The molecule has 0 bridgehead atoms. The summed E-state index contributed by atoms with van der Waals surface area (Å²) in [5.74, 6) is 0.0902. The maximum Gasteiger partial charge on any atom is 0.500 e. The first kappa shape index (κ1) is 23.5. The van der Waals surface area contributed by atoms with Gasteiger partial charge in [-0.15, -0.1) is 0 Å². The minimum absolute atomic E-state index is 0.0902. The maximum absolute atomic E-state index is 13.2. The molecule has 0 unspecified atom stereocenters. The molecule has 0 saturated heterocycles. The standard InChI is InChI=1S/C22H33NO4Si2/c1-15-14-19(22(28)16(2)20(15)23(3)4)21(24)18-10-8-17(9-11-18)12-13-29(25-5,26-6)27-7/h8-11,14H,12-13H2,1-7,28H3. The van der Waals surface area contributed by atoms with Gasteiger partial charge in [-0.25, -0.2) is 0 Å². The first-order chi connectivity index (χ1) is 13.7. The lowest BCUT2D eigenvalue weighted by Crippen LogP contribution is -2.43. The topological polar surface area (TPSA) is 48.0 Å². The molecule has 29 heavy (non-hydrogen) atoms. The van der Waals surface area contributed by atoms with Crippen molar-refractivity contribution in [3.05, 3.63) is 58.1 Å². The van der Waals surface area contributed by atoms with E-state index >= 15 is 0 Å². The summed E-state index contributed by atoms with van der Waals surface area (Å²) in [6, 6.07) is 10.6. The summed E-state index contributed by atoms with van der Waals surface area (Å²) in [7, 11) is 7.20. The lowest BCUT2D eigenvalue weighted by Gasteiger charge is -2.24. The highest BCUT2D eigenvalue weighted by Gasteiger charge is 2.37. The van der Waals surface area contributed by atoms with E-state index in [9.17, 15) is 4.79 Å². The van der Waals surface area contributed by atoms with Crippen LogP contribution in [0.15, 0.2) is 30.3 Å². The molecule has 158 valence electrons. The molecular weight excluding hydrogens is 398 g/mol. The molecule has 0 radical (unpaired) electrons. The number of carbonyl (C=O) groups excluding carboxylic acids is 1. The SMILES string of the molecule is CO[Si](CCc1ccc(C(=O)c2cc(C)c(N(C)C)c(C)c2[SiH3])cc1)(OC)OC. The lowest BCUT2D eigenvalue weighted by atomic mass is 9.96. The molecule has 0 saturated carbocycles. The van der Waals surface area contributed by atoms with Crippen molar-refractivity contribution in [2.24, 2.45) is 0 Å². The number of nitrogens with zero attached hydrogens (tertiary/aromatic N) is 1. The van der Waals surface area contributed by atoms with Gasteiger partial charge in [-0.1, -0.05) is 29.5 Å². The maximum atomic E-state index is 13.2. The van der Waals surface area contributed by atoms with E-state index in [1.54, 1.807) is 21.3 Å². The quantitative estimate of drug-likeness (QED) is 0.449. The molecule has 2 aromatic carbocycles. The van der Waals surface area contributed by atoms with Gasteiger partial charge in [0.25, 0.3) is 0 Å². The summed E-state index contributed by atoms with van der Waals surface area (Å²) in [5.41, 5.74) is 6.23. The molecule has 2 aromatic rings. The Morgan fingerprint density at radius 3 is 2.07 bits per heavy atom. The Kier molecular flexibility index (Phi) is 7.96. The van der Waals surface area contributed by atoms with Crippen LogP contribution < -0.4 is 10.1 Å². The summed E-state index contributed by atoms with van der Waals surface area (Å²) < 4.78 is 16.4. The number of carbonyl (C=O) groups is 1. The molecule has 0 amide bonds. The normalized spacial score (nSPS) is 11.7. The lowest BCUT2D eigenvalue weighted by molar-refractivity contribution is 0.103. The predicted molar refractivity (Wildman–Crippen MR) is 125 cm³/mol. The van der Waals surface area contributed by atoms with Crippen molar-refractivity contribution in [2.45, 2.75) is 26.3 Å². The van der Waals surface area contributed by atoms with Gasteiger partial charge in [0.2, 0.25) is 0 Å². The molecule has 0 atom stereocenters. The Bertz CT molecular complexity index is 854. The van der Waals surface area contributed by atoms with Crippen LogP contribution in [0.3, 0.4) is 0 Å². The van der Waals surface area contributed by atoms with Gasteiger partial charge in [-0.2, -0.15) is 0 Å². The van der Waals surface area contributed by atoms with Crippen molar-refractivity contribution in [2.75, 3.05) is 40.3 Å². The fourth-order valence-electron chi connectivity index (χ4n) is 3.82. The van der Waals surface area contributed by atoms with Gasteiger partial charge in [-0.3, -0.25) is 4.79 Å². The highest BCUT2D eigenvalue weighted by molar-refractivity contribution is 6.60. The largest absolute Gasteiger partial charge is 0.500 e. The molecule has 2 rings (SSSR count). The molecular formula is C22H33NO4Si2. The van der Waals surface area contributed by atoms with E-state index in [-0.39, 0.29) is 5.78 Å². The van der Waals surface area contributed by atoms with E-state index in [2.05, 4.69) is 18.7 Å². The molecule has 7 heteroatoms. The molecule has 0 aliphatic heterocycles. The summed E-state index contributed by atoms with van der Waals surface area (Å²) >= 11 is 0. The number of anilines is 1. The summed E-state index contributed by atoms with van der Waals surface area (Å²) in [5, 5.41) is 1.17. The van der Waals surface area contributed by atoms with Crippen molar-refractivity contribution in [1.82, 2.24) is 0 Å². The highest BCUT2D eigenvalue weighted by atomic mass is 28.4. The van der Waals surface area contributed by atoms with Gasteiger partial charge >= 0.3 is 8.80 Å². The van der Waals surface area contributed by atoms with Crippen LogP contribution in [0, 0.1) is 13.8 Å². The first-order valence-electron chi connectivity index (χ1n) is 9.77. The minimum atomic E-state index is -2.59. The van der Waals surface area contributed by atoms with Crippen molar-refractivity contribution in [1.29, 1.82) is 0 Å². The molecule has 5 nitrogen and oxygen atoms in total. The van der Waals surface area contributed by atoms with E-state index in [1.807, 2.05) is 44.4 Å². The zero-order valence-electron chi connectivity index (χ0n) is 18.9. The average Bonchev–Trinajstić information content (AvgIpc) is 2.72.